The lowest BCUT2D eigenvalue weighted by molar-refractivity contribution is 0.282. The van der Waals surface area contributed by atoms with Crippen LogP contribution >= 0.6 is 11.8 Å². The fraction of sp³-hybridized carbons (Fsp3) is 0.941. The molecule has 118 valence electrons. The average Bonchev–Trinajstić information content (AvgIpc) is 2.47. The molecule has 3 heteroatoms. The number of thiocyanates is 1. The highest BCUT2D eigenvalue weighted by Gasteiger charge is 1.94. The van der Waals surface area contributed by atoms with E-state index in [9.17, 15) is 0 Å². The number of aliphatic hydroxyl groups is 1. The third-order valence-corrected chi connectivity index (χ3v) is 4.34. The van der Waals surface area contributed by atoms with Gasteiger partial charge in [0.05, 0.1) is 0 Å². The van der Waals surface area contributed by atoms with E-state index in [-0.39, 0.29) is 0 Å². The van der Waals surface area contributed by atoms with Gasteiger partial charge in [-0.3, -0.25) is 0 Å². The van der Waals surface area contributed by atoms with E-state index in [1.807, 2.05) is 0 Å². The third kappa shape index (κ3) is 17.8. The second-order valence-electron chi connectivity index (χ2n) is 5.61. The number of nitrogens with zero attached hydrogens (tertiary/aromatic N) is 1. The van der Waals surface area contributed by atoms with E-state index in [1.54, 1.807) is 0 Å². The summed E-state index contributed by atoms with van der Waals surface area (Å²) in [5, 5.41) is 19.2. The predicted octanol–water partition coefficient (Wildman–Crippen LogP) is 5.65. The summed E-state index contributed by atoms with van der Waals surface area (Å²) in [5.41, 5.74) is 0. The summed E-state index contributed by atoms with van der Waals surface area (Å²) in [6.07, 6.45) is 18.4. The molecule has 0 amide bonds. The summed E-state index contributed by atoms with van der Waals surface area (Å²) in [4.78, 5) is 0. The molecule has 0 atom stereocenters. The zero-order valence-corrected chi connectivity index (χ0v) is 13.9. The number of rotatable bonds is 16. The Bertz CT molecular complexity index is 216. The lowest BCUT2D eigenvalue weighted by Gasteiger charge is -2.03. The molecular weight excluding hydrogens is 266 g/mol. The average molecular weight is 300 g/mol. The minimum atomic E-state index is 0.358. The van der Waals surface area contributed by atoms with Crippen molar-refractivity contribution in [2.24, 2.45) is 0 Å². The van der Waals surface area contributed by atoms with Gasteiger partial charge in [-0.05, 0) is 24.6 Å². The number of nitriles is 1. The predicted molar refractivity (Wildman–Crippen MR) is 89.8 cm³/mol. The van der Waals surface area contributed by atoms with Crippen molar-refractivity contribution in [1.29, 1.82) is 5.26 Å². The van der Waals surface area contributed by atoms with E-state index < -0.39 is 0 Å². The molecule has 0 bridgehead atoms. The van der Waals surface area contributed by atoms with Crippen molar-refractivity contribution in [3.05, 3.63) is 0 Å². The monoisotopic (exact) mass is 299 g/mol. The van der Waals surface area contributed by atoms with E-state index >= 15 is 0 Å². The maximum atomic E-state index is 8.67. The Hall–Kier alpha value is -0.200. The highest BCUT2D eigenvalue weighted by molar-refractivity contribution is 8.03. The molecule has 0 aliphatic rings. The Morgan fingerprint density at radius 2 is 0.950 bits per heavy atom. The number of unbranched alkanes of at least 4 members (excludes halogenated alkanes) is 13. The van der Waals surface area contributed by atoms with Gasteiger partial charge in [0.25, 0.3) is 0 Å². The van der Waals surface area contributed by atoms with E-state index in [2.05, 4.69) is 5.40 Å². The van der Waals surface area contributed by atoms with Crippen LogP contribution < -0.4 is 0 Å². The fourth-order valence-electron chi connectivity index (χ4n) is 2.45. The molecule has 0 aliphatic heterocycles. The van der Waals surface area contributed by atoms with Crippen molar-refractivity contribution in [2.75, 3.05) is 12.4 Å². The van der Waals surface area contributed by atoms with Crippen molar-refractivity contribution in [3.8, 4) is 5.40 Å². The van der Waals surface area contributed by atoms with Crippen molar-refractivity contribution >= 4 is 11.8 Å². The largest absolute Gasteiger partial charge is 0.396 e. The molecule has 0 aromatic rings. The number of hydrogen-bond acceptors (Lipinski definition) is 3. The maximum absolute atomic E-state index is 8.67. The van der Waals surface area contributed by atoms with Crippen molar-refractivity contribution in [3.63, 3.8) is 0 Å². The van der Waals surface area contributed by atoms with Gasteiger partial charge in [-0.1, -0.05) is 77.0 Å². The summed E-state index contributed by atoms with van der Waals surface area (Å²) in [7, 11) is 0. The first-order valence-corrected chi connectivity index (χ1v) is 9.52. The molecule has 0 radical (unpaired) electrons. The van der Waals surface area contributed by atoms with Crippen LogP contribution in [0.25, 0.3) is 0 Å². The summed E-state index contributed by atoms with van der Waals surface area (Å²) >= 11 is 1.39. The number of aliphatic hydroxyl groups excluding tert-OH is 1. The SMILES string of the molecule is N#CSCCCCCCCCCCCCCCCCO. The van der Waals surface area contributed by atoms with Gasteiger partial charge in [0.15, 0.2) is 0 Å². The molecule has 0 saturated heterocycles. The van der Waals surface area contributed by atoms with Crippen molar-refractivity contribution in [2.45, 2.75) is 89.9 Å². The Morgan fingerprint density at radius 1 is 0.600 bits per heavy atom. The molecule has 0 spiro atoms. The van der Waals surface area contributed by atoms with Crippen molar-refractivity contribution in [1.82, 2.24) is 0 Å². The Balaban J connectivity index is 2.91. The molecule has 0 aromatic carbocycles. The van der Waals surface area contributed by atoms with E-state index in [4.69, 9.17) is 10.4 Å². The Kier molecular flexibility index (Phi) is 18.6. The first-order chi connectivity index (χ1) is 9.91. The molecule has 0 rings (SSSR count). The summed E-state index contributed by atoms with van der Waals surface area (Å²) < 4.78 is 0. The highest BCUT2D eigenvalue weighted by Crippen LogP contribution is 2.13. The minimum Gasteiger partial charge on any atom is -0.396 e. The lowest BCUT2D eigenvalue weighted by atomic mass is 10.0. The molecular formula is C17H33NOS. The molecule has 0 aliphatic carbocycles. The van der Waals surface area contributed by atoms with Crippen LogP contribution in [0.4, 0.5) is 0 Å². The topological polar surface area (TPSA) is 44.0 Å². The number of thioether (sulfide) groups is 1. The van der Waals surface area contributed by atoms with Crippen LogP contribution in [0.2, 0.25) is 0 Å². The van der Waals surface area contributed by atoms with Gasteiger partial charge >= 0.3 is 0 Å². The lowest BCUT2D eigenvalue weighted by Crippen LogP contribution is -1.85. The Labute approximate surface area is 130 Å². The number of hydrogen-bond donors (Lipinski definition) is 1. The maximum Gasteiger partial charge on any atom is 0.133 e. The van der Waals surface area contributed by atoms with Crippen LogP contribution in [0.15, 0.2) is 0 Å². The quantitative estimate of drug-likeness (QED) is 0.295. The summed E-state index contributed by atoms with van der Waals surface area (Å²) in [6, 6.07) is 0. The van der Waals surface area contributed by atoms with Gasteiger partial charge in [-0.15, -0.1) is 0 Å². The van der Waals surface area contributed by atoms with Gasteiger partial charge in [0, 0.05) is 12.4 Å². The summed E-state index contributed by atoms with van der Waals surface area (Å²) in [6.45, 7) is 0.358. The normalized spacial score (nSPS) is 10.6. The van der Waals surface area contributed by atoms with Gasteiger partial charge in [-0.2, -0.15) is 5.26 Å². The van der Waals surface area contributed by atoms with Crippen LogP contribution in [-0.4, -0.2) is 17.5 Å². The van der Waals surface area contributed by atoms with E-state index in [1.165, 1.54) is 95.2 Å². The zero-order chi connectivity index (χ0) is 14.7. The van der Waals surface area contributed by atoms with Crippen LogP contribution in [0.3, 0.4) is 0 Å². The molecule has 2 nitrogen and oxygen atoms in total. The molecule has 20 heavy (non-hydrogen) atoms. The van der Waals surface area contributed by atoms with Gasteiger partial charge in [0.2, 0.25) is 0 Å². The van der Waals surface area contributed by atoms with Gasteiger partial charge in [-0.25, -0.2) is 0 Å². The molecule has 0 unspecified atom stereocenters. The van der Waals surface area contributed by atoms with E-state index in [0.717, 1.165) is 12.2 Å². The third-order valence-electron chi connectivity index (χ3n) is 3.72. The Morgan fingerprint density at radius 3 is 1.30 bits per heavy atom. The smallest absolute Gasteiger partial charge is 0.133 e. The molecule has 0 heterocycles. The standard InChI is InChI=1S/C17H33NOS/c18-17-20-16-14-12-10-8-6-4-2-1-3-5-7-9-11-13-15-19/h19H,1-16H2. The van der Waals surface area contributed by atoms with Crippen LogP contribution in [-0.2, 0) is 0 Å². The van der Waals surface area contributed by atoms with Gasteiger partial charge in [0.1, 0.15) is 5.40 Å². The van der Waals surface area contributed by atoms with Crippen LogP contribution in [0.5, 0.6) is 0 Å². The molecule has 0 saturated carbocycles. The van der Waals surface area contributed by atoms with Crippen LogP contribution in [0, 0.1) is 10.7 Å². The molecule has 0 aromatic heterocycles. The summed E-state index contributed by atoms with van der Waals surface area (Å²) in [5.74, 6) is 1.01. The minimum absolute atomic E-state index is 0.358. The second-order valence-corrected chi connectivity index (χ2v) is 6.49. The highest BCUT2D eigenvalue weighted by atomic mass is 32.2. The molecule has 1 N–H and O–H groups in total. The first-order valence-electron chi connectivity index (χ1n) is 8.53. The van der Waals surface area contributed by atoms with Gasteiger partial charge < -0.3 is 5.11 Å². The second kappa shape index (κ2) is 18.8. The van der Waals surface area contributed by atoms with Crippen LogP contribution in [0.1, 0.15) is 89.9 Å². The fourth-order valence-corrected chi connectivity index (χ4v) is 2.89. The zero-order valence-electron chi connectivity index (χ0n) is 13.1. The van der Waals surface area contributed by atoms with Crippen molar-refractivity contribution < 1.29 is 5.11 Å². The van der Waals surface area contributed by atoms with E-state index in [0.29, 0.717) is 6.61 Å². The first kappa shape index (κ1) is 19.8. The molecule has 0 fully saturated rings.